The number of alkyl halides is 2. The lowest BCUT2D eigenvalue weighted by Gasteiger charge is -2.39. The molecule has 0 aromatic heterocycles. The topological polar surface area (TPSA) is 21.3 Å². The van der Waals surface area contributed by atoms with E-state index in [9.17, 15) is 8.78 Å². The summed E-state index contributed by atoms with van der Waals surface area (Å²) < 4.78 is 31.0. The molecule has 2 rings (SSSR count). The van der Waals surface area contributed by atoms with Gasteiger partial charge in [-0.3, -0.25) is 0 Å². The molecular weight excluding hydrogens is 236 g/mol. The van der Waals surface area contributed by atoms with Crippen LogP contribution in [-0.2, 0) is 4.74 Å². The van der Waals surface area contributed by atoms with Crippen LogP contribution in [0.2, 0.25) is 0 Å². The van der Waals surface area contributed by atoms with Gasteiger partial charge in [-0.15, -0.1) is 0 Å². The van der Waals surface area contributed by atoms with Crippen LogP contribution in [0.4, 0.5) is 8.78 Å². The lowest BCUT2D eigenvalue weighted by Crippen LogP contribution is -2.48. The first-order valence-electron chi connectivity index (χ1n) is 6.30. The van der Waals surface area contributed by atoms with Crippen molar-refractivity contribution in [1.82, 2.24) is 5.32 Å². The molecular formula is C14H19F2NO. The van der Waals surface area contributed by atoms with Crippen LogP contribution in [0.5, 0.6) is 0 Å². The number of nitrogens with one attached hydrogen (secondary N) is 1. The molecule has 1 N–H and O–H groups in total. The Hall–Kier alpha value is -1.00. The quantitative estimate of drug-likeness (QED) is 0.893. The van der Waals surface area contributed by atoms with Crippen molar-refractivity contribution in [2.24, 2.45) is 0 Å². The van der Waals surface area contributed by atoms with Crippen LogP contribution in [0.25, 0.3) is 0 Å². The predicted octanol–water partition coefficient (Wildman–Crippen LogP) is 3.45. The van der Waals surface area contributed by atoms with Crippen LogP contribution in [0.3, 0.4) is 0 Å². The molecule has 2 atom stereocenters. The second-order valence-electron chi connectivity index (χ2n) is 5.01. The van der Waals surface area contributed by atoms with Gasteiger partial charge in [-0.25, -0.2) is 8.78 Å². The Morgan fingerprint density at radius 1 is 1.39 bits per heavy atom. The molecule has 1 fully saturated rings. The molecule has 1 aliphatic rings. The van der Waals surface area contributed by atoms with Gasteiger partial charge in [0.2, 0.25) is 0 Å². The fourth-order valence-corrected chi connectivity index (χ4v) is 2.14. The predicted molar refractivity (Wildman–Crippen MR) is 66.8 cm³/mol. The van der Waals surface area contributed by atoms with E-state index in [2.05, 4.69) is 19.2 Å². The van der Waals surface area contributed by atoms with Gasteiger partial charge in [-0.05, 0) is 18.9 Å². The second-order valence-corrected chi connectivity index (χ2v) is 5.01. The Bertz CT molecular complexity index is 393. The fraction of sp³-hybridized carbons (Fsp3) is 0.571. The highest BCUT2D eigenvalue weighted by atomic mass is 19.3. The molecule has 0 radical (unpaired) electrons. The van der Waals surface area contributed by atoms with Crippen molar-refractivity contribution in [2.75, 3.05) is 13.1 Å². The van der Waals surface area contributed by atoms with Gasteiger partial charge in [0.25, 0.3) is 6.43 Å². The average Bonchev–Trinajstić information content (AvgIpc) is 2.39. The van der Waals surface area contributed by atoms with E-state index in [0.29, 0.717) is 0 Å². The molecule has 18 heavy (non-hydrogen) atoms. The second kappa shape index (κ2) is 5.33. The molecule has 2 unspecified atom stereocenters. The molecule has 0 bridgehead atoms. The van der Waals surface area contributed by atoms with Crippen LogP contribution in [0.15, 0.2) is 24.3 Å². The number of rotatable bonds is 3. The summed E-state index contributed by atoms with van der Waals surface area (Å²) in [4.78, 5) is 0. The van der Waals surface area contributed by atoms with E-state index in [1.807, 2.05) is 0 Å². The molecule has 0 saturated carbocycles. The largest absolute Gasteiger partial charge is 0.365 e. The van der Waals surface area contributed by atoms with Crippen molar-refractivity contribution >= 4 is 0 Å². The van der Waals surface area contributed by atoms with Crippen LogP contribution in [0, 0.1) is 0 Å². The van der Waals surface area contributed by atoms with Gasteiger partial charge < -0.3 is 10.1 Å². The Kier molecular flexibility index (Phi) is 3.97. The molecule has 4 heteroatoms. The molecule has 1 aromatic rings. The molecule has 0 spiro atoms. The maximum atomic E-state index is 12.5. The number of ether oxygens (including phenoxy) is 1. The summed E-state index contributed by atoms with van der Waals surface area (Å²) in [6.45, 7) is 5.71. The van der Waals surface area contributed by atoms with E-state index in [0.717, 1.165) is 25.1 Å². The Morgan fingerprint density at radius 3 is 2.61 bits per heavy atom. The number of halogens is 2. The number of hydrogen-bond donors (Lipinski definition) is 1. The minimum absolute atomic E-state index is 0.0563. The van der Waals surface area contributed by atoms with Crippen LogP contribution in [0.1, 0.15) is 43.9 Å². The Labute approximate surface area is 106 Å². The van der Waals surface area contributed by atoms with Crippen molar-refractivity contribution in [1.29, 1.82) is 0 Å². The molecule has 0 amide bonds. The number of morpholine rings is 1. The van der Waals surface area contributed by atoms with Gasteiger partial charge in [0.1, 0.15) is 0 Å². The minimum Gasteiger partial charge on any atom is -0.365 e. The molecule has 2 nitrogen and oxygen atoms in total. The van der Waals surface area contributed by atoms with E-state index in [-0.39, 0.29) is 17.3 Å². The first-order valence-corrected chi connectivity index (χ1v) is 6.30. The van der Waals surface area contributed by atoms with Gasteiger partial charge in [-0.1, -0.05) is 31.2 Å². The molecule has 1 saturated heterocycles. The summed E-state index contributed by atoms with van der Waals surface area (Å²) >= 11 is 0. The SMILES string of the molecule is CCC1(C)CNCC(c2ccc(C(F)F)cc2)O1. The molecule has 1 heterocycles. The van der Waals surface area contributed by atoms with Gasteiger partial charge in [-0.2, -0.15) is 0 Å². The Balaban J connectivity index is 2.11. The van der Waals surface area contributed by atoms with E-state index in [1.54, 1.807) is 12.1 Å². The standard InChI is InChI=1S/C14H19F2NO/c1-3-14(2)9-17-8-12(18-14)10-4-6-11(7-5-10)13(15)16/h4-7,12-13,17H,3,8-9H2,1-2H3. The van der Waals surface area contributed by atoms with Crippen molar-refractivity contribution in [3.05, 3.63) is 35.4 Å². The lowest BCUT2D eigenvalue weighted by atomic mass is 9.98. The van der Waals surface area contributed by atoms with E-state index >= 15 is 0 Å². The van der Waals surface area contributed by atoms with E-state index < -0.39 is 6.43 Å². The summed E-state index contributed by atoms with van der Waals surface area (Å²) in [5.41, 5.74) is 0.830. The third kappa shape index (κ3) is 2.87. The van der Waals surface area contributed by atoms with Gasteiger partial charge in [0.15, 0.2) is 0 Å². The highest BCUT2D eigenvalue weighted by molar-refractivity contribution is 5.25. The third-order valence-electron chi connectivity index (χ3n) is 3.56. The monoisotopic (exact) mass is 255 g/mol. The normalized spacial score (nSPS) is 28.6. The smallest absolute Gasteiger partial charge is 0.263 e. The van der Waals surface area contributed by atoms with Gasteiger partial charge in [0, 0.05) is 18.7 Å². The first kappa shape index (κ1) is 13.4. The number of benzene rings is 1. The van der Waals surface area contributed by atoms with Gasteiger partial charge >= 0.3 is 0 Å². The summed E-state index contributed by atoms with van der Waals surface area (Å²) in [5, 5.41) is 3.34. The first-order chi connectivity index (χ1) is 8.54. The van der Waals surface area contributed by atoms with Crippen molar-refractivity contribution in [2.45, 2.75) is 38.4 Å². The molecule has 100 valence electrons. The Morgan fingerprint density at radius 2 is 2.06 bits per heavy atom. The van der Waals surface area contributed by atoms with E-state index in [4.69, 9.17) is 4.74 Å². The minimum atomic E-state index is -2.41. The van der Waals surface area contributed by atoms with Gasteiger partial charge in [0.05, 0.1) is 11.7 Å². The summed E-state index contributed by atoms with van der Waals surface area (Å²) in [6.07, 6.45) is -1.55. The van der Waals surface area contributed by atoms with Crippen molar-refractivity contribution in [3.63, 3.8) is 0 Å². The fourth-order valence-electron chi connectivity index (χ4n) is 2.14. The molecule has 1 aromatic carbocycles. The maximum absolute atomic E-state index is 12.5. The molecule has 0 aliphatic carbocycles. The highest BCUT2D eigenvalue weighted by Crippen LogP contribution is 2.30. The summed E-state index contributed by atoms with van der Waals surface area (Å²) in [5.74, 6) is 0. The summed E-state index contributed by atoms with van der Waals surface area (Å²) in [7, 11) is 0. The van der Waals surface area contributed by atoms with E-state index in [1.165, 1.54) is 12.1 Å². The zero-order chi connectivity index (χ0) is 13.2. The van der Waals surface area contributed by atoms with Crippen LogP contribution < -0.4 is 5.32 Å². The number of hydrogen-bond acceptors (Lipinski definition) is 2. The lowest BCUT2D eigenvalue weighted by molar-refractivity contribution is -0.109. The maximum Gasteiger partial charge on any atom is 0.263 e. The molecule has 1 aliphatic heterocycles. The summed E-state index contributed by atoms with van der Waals surface area (Å²) in [6, 6.07) is 6.41. The zero-order valence-electron chi connectivity index (χ0n) is 10.7. The van der Waals surface area contributed by atoms with Crippen LogP contribution in [-0.4, -0.2) is 18.7 Å². The zero-order valence-corrected chi connectivity index (χ0v) is 10.7. The van der Waals surface area contributed by atoms with Crippen molar-refractivity contribution in [3.8, 4) is 0 Å². The average molecular weight is 255 g/mol. The van der Waals surface area contributed by atoms with Crippen molar-refractivity contribution < 1.29 is 13.5 Å². The third-order valence-corrected chi connectivity index (χ3v) is 3.56. The van der Waals surface area contributed by atoms with Crippen LogP contribution >= 0.6 is 0 Å². The highest BCUT2D eigenvalue weighted by Gasteiger charge is 2.31.